The molecule has 1 atom stereocenters. The number of fused-ring (bicyclic) bond motifs is 1. The Morgan fingerprint density at radius 1 is 1.08 bits per heavy atom. The average Bonchev–Trinajstić information content (AvgIpc) is 2.89. The average molecular weight is 593 g/mol. The molecule has 0 heterocycles. The van der Waals surface area contributed by atoms with E-state index in [9.17, 15) is 19.5 Å². The molecule has 0 fully saturated rings. The number of ether oxygens (including phenoxy) is 1. The van der Waals surface area contributed by atoms with Crippen molar-refractivity contribution in [1.82, 2.24) is 10.1 Å². The van der Waals surface area contributed by atoms with Crippen molar-refractivity contribution in [3.05, 3.63) is 66.2 Å². The third kappa shape index (κ3) is 8.66. The number of hydrazone groups is 1. The van der Waals surface area contributed by atoms with Gasteiger partial charge in [-0.2, -0.15) is 5.10 Å². The number of rotatable bonds is 15. The van der Waals surface area contributed by atoms with E-state index in [4.69, 9.17) is 4.74 Å². The largest absolute Gasteiger partial charge is 0.494 e. The van der Waals surface area contributed by atoms with Crippen molar-refractivity contribution in [2.75, 3.05) is 52.0 Å². The predicted molar refractivity (Wildman–Crippen MR) is 165 cm³/mol. The molecule has 0 aliphatic carbocycles. The van der Waals surface area contributed by atoms with Gasteiger partial charge in [-0.3, -0.25) is 0 Å². The van der Waals surface area contributed by atoms with Gasteiger partial charge in [0.2, 0.25) is 8.38 Å². The summed E-state index contributed by atoms with van der Waals surface area (Å²) in [6.07, 6.45) is 2.46. The Balaban J connectivity index is 1.43. The summed E-state index contributed by atoms with van der Waals surface area (Å²) < 4.78 is 18.1. The molecule has 0 aliphatic heterocycles. The standard InChI is InChI=1S/C27H38N4O5P2S/c1-31(2)25-13-6-12-24-23(25)11-7-14-26(24)39-30-29-20-21-9-5-10-22(19-21)36-18-8-16-28-17-15-27(32,37(33)34)38(3,4)35/h5-7,9-14,19-20,28,30,32-34H,8,15-18H2,1-4H3/b29-20+. The Morgan fingerprint density at radius 2 is 1.79 bits per heavy atom. The highest BCUT2D eigenvalue weighted by molar-refractivity contribution is 7.97. The Hall–Kier alpha value is -2.16. The lowest BCUT2D eigenvalue weighted by Gasteiger charge is -2.32. The lowest BCUT2D eigenvalue weighted by molar-refractivity contribution is 0.172. The first-order valence-corrected chi connectivity index (χ1v) is 17.2. The molecule has 0 radical (unpaired) electrons. The molecular weight excluding hydrogens is 554 g/mol. The summed E-state index contributed by atoms with van der Waals surface area (Å²) in [7, 11) is -1.72. The first-order chi connectivity index (χ1) is 18.5. The van der Waals surface area contributed by atoms with Crippen LogP contribution in [0.3, 0.4) is 0 Å². The van der Waals surface area contributed by atoms with Gasteiger partial charge in [0.05, 0.1) is 12.8 Å². The van der Waals surface area contributed by atoms with Crippen molar-refractivity contribution in [1.29, 1.82) is 0 Å². The van der Waals surface area contributed by atoms with Gasteiger partial charge in [-0.05, 0) is 68.1 Å². The van der Waals surface area contributed by atoms with Crippen LogP contribution in [-0.2, 0) is 4.57 Å². The van der Waals surface area contributed by atoms with Gasteiger partial charge in [-0.1, -0.05) is 36.4 Å². The van der Waals surface area contributed by atoms with Gasteiger partial charge in [0.1, 0.15) is 12.9 Å². The number of anilines is 1. The van der Waals surface area contributed by atoms with Crippen LogP contribution in [0.15, 0.2) is 70.7 Å². The molecule has 0 aromatic heterocycles. The fraction of sp³-hybridized carbons (Fsp3) is 0.370. The summed E-state index contributed by atoms with van der Waals surface area (Å²) in [5, 5.41) is 18.3. The van der Waals surface area contributed by atoms with Crippen LogP contribution in [0, 0.1) is 0 Å². The molecule has 12 heteroatoms. The molecule has 3 aromatic rings. The van der Waals surface area contributed by atoms with Crippen LogP contribution in [0.2, 0.25) is 0 Å². The zero-order valence-electron chi connectivity index (χ0n) is 22.7. The van der Waals surface area contributed by atoms with Gasteiger partial charge in [-0.25, -0.2) is 4.83 Å². The maximum absolute atomic E-state index is 12.2. The first-order valence-electron chi connectivity index (χ1n) is 12.6. The third-order valence-electron chi connectivity index (χ3n) is 6.21. The van der Waals surface area contributed by atoms with Gasteiger partial charge in [0.15, 0.2) is 5.08 Å². The minimum absolute atomic E-state index is 0.00214. The molecule has 0 amide bonds. The highest BCUT2D eigenvalue weighted by Gasteiger charge is 2.46. The Bertz CT molecular complexity index is 1300. The molecule has 0 saturated carbocycles. The number of aliphatic hydroxyl groups is 1. The summed E-state index contributed by atoms with van der Waals surface area (Å²) in [5.74, 6) is 0.732. The van der Waals surface area contributed by atoms with E-state index in [2.05, 4.69) is 50.5 Å². The van der Waals surface area contributed by atoms with Gasteiger partial charge in [0, 0.05) is 48.4 Å². The van der Waals surface area contributed by atoms with Gasteiger partial charge in [0.25, 0.3) is 0 Å². The molecule has 0 aliphatic rings. The molecule has 0 bridgehead atoms. The molecule has 1 unspecified atom stereocenters. The number of benzene rings is 3. The van der Waals surface area contributed by atoms with E-state index in [1.807, 2.05) is 44.4 Å². The Morgan fingerprint density at radius 3 is 2.51 bits per heavy atom. The molecular formula is C27H38N4O5P2S. The topological polar surface area (TPSA) is 127 Å². The maximum Gasteiger partial charge on any atom is 0.207 e. The van der Waals surface area contributed by atoms with Crippen molar-refractivity contribution in [3.63, 3.8) is 0 Å². The van der Waals surface area contributed by atoms with E-state index >= 15 is 0 Å². The van der Waals surface area contributed by atoms with E-state index in [1.54, 1.807) is 6.21 Å². The zero-order valence-corrected chi connectivity index (χ0v) is 25.3. The van der Waals surface area contributed by atoms with E-state index in [-0.39, 0.29) is 6.42 Å². The van der Waals surface area contributed by atoms with E-state index < -0.39 is 20.6 Å². The molecule has 0 saturated heterocycles. The first kappa shape index (κ1) is 31.4. The van der Waals surface area contributed by atoms with Crippen LogP contribution in [0.5, 0.6) is 5.75 Å². The normalized spacial score (nSPS) is 13.6. The van der Waals surface area contributed by atoms with Gasteiger partial charge >= 0.3 is 0 Å². The van der Waals surface area contributed by atoms with Crippen LogP contribution < -0.4 is 19.8 Å². The number of nitrogens with one attached hydrogen (secondary N) is 2. The summed E-state index contributed by atoms with van der Waals surface area (Å²) in [5.41, 5.74) is 2.07. The smallest absolute Gasteiger partial charge is 0.207 e. The van der Waals surface area contributed by atoms with Crippen LogP contribution in [0.4, 0.5) is 5.69 Å². The lowest BCUT2D eigenvalue weighted by atomic mass is 10.1. The van der Waals surface area contributed by atoms with E-state index in [1.165, 1.54) is 41.7 Å². The summed E-state index contributed by atoms with van der Waals surface area (Å²) >= 11 is 1.46. The van der Waals surface area contributed by atoms with Crippen molar-refractivity contribution >= 4 is 50.1 Å². The van der Waals surface area contributed by atoms with Crippen LogP contribution in [0.25, 0.3) is 10.8 Å². The zero-order chi connectivity index (χ0) is 28.5. The van der Waals surface area contributed by atoms with Crippen molar-refractivity contribution in [3.8, 4) is 5.75 Å². The summed E-state index contributed by atoms with van der Waals surface area (Å²) in [6.45, 7) is 4.13. The Labute approximate surface area is 236 Å². The van der Waals surface area contributed by atoms with Gasteiger partial charge < -0.3 is 34.4 Å². The third-order valence-corrected chi connectivity index (χ3v) is 11.8. The molecule has 0 spiro atoms. The van der Waals surface area contributed by atoms with E-state index in [0.29, 0.717) is 26.1 Å². The van der Waals surface area contributed by atoms with E-state index in [0.717, 1.165) is 16.2 Å². The highest BCUT2D eigenvalue weighted by Crippen LogP contribution is 2.65. The number of nitrogens with zero attached hydrogens (tertiary/aromatic N) is 2. The van der Waals surface area contributed by atoms with Crippen LogP contribution >= 0.6 is 27.5 Å². The van der Waals surface area contributed by atoms with Crippen LogP contribution in [-0.4, -0.2) is 73.3 Å². The molecule has 5 N–H and O–H groups in total. The molecule has 212 valence electrons. The Kier molecular flexibility index (Phi) is 11.6. The SMILES string of the molecule is CN(C)c1cccc2c(SN/N=C/c3cccc(OCCCNCCC(O)(P(O)O)P(C)(C)=O)c3)cccc12. The van der Waals surface area contributed by atoms with Crippen molar-refractivity contribution in [2.24, 2.45) is 5.10 Å². The molecule has 39 heavy (non-hydrogen) atoms. The lowest BCUT2D eigenvalue weighted by Crippen LogP contribution is -2.31. The van der Waals surface area contributed by atoms with Crippen molar-refractivity contribution < 1.29 is 24.2 Å². The summed E-state index contributed by atoms with van der Waals surface area (Å²) in [6, 6.07) is 20.2. The monoisotopic (exact) mass is 592 g/mol. The van der Waals surface area contributed by atoms with Gasteiger partial charge in [-0.15, -0.1) is 0 Å². The minimum Gasteiger partial charge on any atom is -0.494 e. The summed E-state index contributed by atoms with van der Waals surface area (Å²) in [4.78, 5) is 25.3. The molecule has 9 nitrogen and oxygen atoms in total. The maximum atomic E-state index is 12.2. The quantitative estimate of drug-likeness (QED) is 0.0554. The number of hydrogen-bond donors (Lipinski definition) is 5. The second-order valence-corrected chi connectivity index (χ2v) is 15.6. The second kappa shape index (κ2) is 14.5. The second-order valence-electron chi connectivity index (χ2n) is 9.66. The number of hydrogen-bond acceptors (Lipinski definition) is 10. The minimum atomic E-state index is -3.09. The predicted octanol–water partition coefficient (Wildman–Crippen LogP) is 4.85. The highest BCUT2D eigenvalue weighted by atomic mass is 32.2. The van der Waals surface area contributed by atoms with Crippen LogP contribution in [0.1, 0.15) is 18.4 Å². The van der Waals surface area contributed by atoms with Crippen molar-refractivity contribution in [2.45, 2.75) is 22.8 Å². The fourth-order valence-electron chi connectivity index (χ4n) is 3.96. The molecule has 3 rings (SSSR count). The fourth-order valence-corrected chi connectivity index (χ4v) is 7.28. The molecule has 3 aromatic carbocycles.